The van der Waals surface area contributed by atoms with Crippen molar-refractivity contribution in [1.29, 1.82) is 0 Å². The number of fused-ring (bicyclic) bond motifs is 1. The van der Waals surface area contributed by atoms with Crippen molar-refractivity contribution in [2.75, 3.05) is 0 Å². The van der Waals surface area contributed by atoms with Crippen LogP contribution in [-0.4, -0.2) is 22.2 Å². The van der Waals surface area contributed by atoms with Crippen LogP contribution in [0.1, 0.15) is 71.4 Å². The first-order chi connectivity index (χ1) is 10.3. The van der Waals surface area contributed by atoms with Crippen molar-refractivity contribution in [2.24, 2.45) is 0 Å². The maximum Gasteiger partial charge on any atom is 0.336 e. The molecular weight excluding hydrogens is 280 g/mol. The van der Waals surface area contributed by atoms with Crippen LogP contribution in [0.2, 0.25) is 0 Å². The maximum absolute atomic E-state index is 11.9. The van der Waals surface area contributed by atoms with E-state index in [9.17, 15) is 19.8 Å². The molecule has 0 unspecified atom stereocenters. The zero-order chi connectivity index (χ0) is 16.6. The summed E-state index contributed by atoms with van der Waals surface area (Å²) in [5.74, 6) is -2.03. The smallest absolute Gasteiger partial charge is 0.336 e. The summed E-state index contributed by atoms with van der Waals surface area (Å²) >= 11 is 0. The van der Waals surface area contributed by atoms with Gasteiger partial charge in [-0.05, 0) is 34.4 Å². The van der Waals surface area contributed by atoms with Gasteiger partial charge in [0.05, 0.1) is 11.1 Å². The molecule has 2 rings (SSSR count). The van der Waals surface area contributed by atoms with Crippen molar-refractivity contribution in [3.8, 4) is 0 Å². The van der Waals surface area contributed by atoms with Gasteiger partial charge in [-0.3, -0.25) is 0 Å². The molecule has 0 radical (unpaired) electrons. The molecule has 0 saturated heterocycles. The van der Waals surface area contributed by atoms with E-state index in [1.807, 2.05) is 33.8 Å². The summed E-state index contributed by atoms with van der Waals surface area (Å²) in [7, 11) is 0. The van der Waals surface area contributed by atoms with E-state index in [1.54, 1.807) is 12.1 Å². The van der Waals surface area contributed by atoms with Gasteiger partial charge in [0.15, 0.2) is 0 Å². The molecule has 0 fully saturated rings. The van der Waals surface area contributed by atoms with E-state index in [1.165, 1.54) is 6.07 Å². The lowest BCUT2D eigenvalue weighted by Crippen LogP contribution is -2.12. The number of rotatable bonds is 4. The Morgan fingerprint density at radius 2 is 1.59 bits per heavy atom. The van der Waals surface area contributed by atoms with E-state index in [-0.39, 0.29) is 23.0 Å². The molecule has 0 aliphatic carbocycles. The SMILES string of the molecule is CC(C)c1cc2cccc(C(=O)O)c2c(C(=O)O)c1C(C)C. The minimum Gasteiger partial charge on any atom is -0.478 e. The molecule has 4 nitrogen and oxygen atoms in total. The van der Waals surface area contributed by atoms with E-state index >= 15 is 0 Å². The normalized spacial score (nSPS) is 11.4. The van der Waals surface area contributed by atoms with Gasteiger partial charge in [-0.1, -0.05) is 45.9 Å². The summed E-state index contributed by atoms with van der Waals surface area (Å²) in [5.41, 5.74) is 1.84. The highest BCUT2D eigenvalue weighted by Gasteiger charge is 2.25. The number of hydrogen-bond donors (Lipinski definition) is 2. The highest BCUT2D eigenvalue weighted by atomic mass is 16.4. The van der Waals surface area contributed by atoms with Crippen molar-refractivity contribution < 1.29 is 19.8 Å². The van der Waals surface area contributed by atoms with Crippen molar-refractivity contribution >= 4 is 22.7 Å². The first kappa shape index (κ1) is 16.0. The Bertz CT molecular complexity index is 757. The number of benzene rings is 2. The van der Waals surface area contributed by atoms with Crippen LogP contribution < -0.4 is 0 Å². The quantitative estimate of drug-likeness (QED) is 0.872. The molecule has 0 atom stereocenters. The standard InChI is InChI=1S/C18H20O4/c1-9(2)13-8-11-6-5-7-12(17(19)20)15(11)16(18(21)22)14(13)10(3)4/h5-10H,1-4H3,(H,19,20)(H,21,22). The average molecular weight is 300 g/mol. The fraction of sp³-hybridized carbons (Fsp3) is 0.333. The zero-order valence-corrected chi connectivity index (χ0v) is 13.2. The fourth-order valence-corrected chi connectivity index (χ4v) is 2.99. The lowest BCUT2D eigenvalue weighted by molar-refractivity contribution is 0.0694. The molecule has 2 N–H and O–H groups in total. The predicted molar refractivity (Wildman–Crippen MR) is 86.0 cm³/mol. The lowest BCUT2D eigenvalue weighted by atomic mass is 9.82. The van der Waals surface area contributed by atoms with E-state index in [2.05, 4.69) is 0 Å². The van der Waals surface area contributed by atoms with E-state index < -0.39 is 11.9 Å². The summed E-state index contributed by atoms with van der Waals surface area (Å²) in [5, 5.41) is 20.1. The Labute approximate surface area is 129 Å². The Morgan fingerprint density at radius 1 is 0.955 bits per heavy atom. The summed E-state index contributed by atoms with van der Waals surface area (Å²) in [6.07, 6.45) is 0. The third-order valence-corrected chi connectivity index (χ3v) is 3.88. The lowest BCUT2D eigenvalue weighted by Gasteiger charge is -2.21. The highest BCUT2D eigenvalue weighted by Crippen LogP contribution is 2.36. The number of carboxylic acids is 2. The number of hydrogen-bond acceptors (Lipinski definition) is 2. The molecule has 2 aromatic carbocycles. The Kier molecular flexibility index (Phi) is 4.22. The molecular formula is C18H20O4. The maximum atomic E-state index is 11.9. The van der Waals surface area contributed by atoms with Gasteiger partial charge in [0.1, 0.15) is 0 Å². The molecule has 2 aromatic rings. The van der Waals surface area contributed by atoms with Crippen molar-refractivity contribution in [1.82, 2.24) is 0 Å². The van der Waals surface area contributed by atoms with Crippen LogP contribution in [0.4, 0.5) is 0 Å². The van der Waals surface area contributed by atoms with Gasteiger partial charge in [0.25, 0.3) is 0 Å². The van der Waals surface area contributed by atoms with Crippen LogP contribution in [0.3, 0.4) is 0 Å². The Balaban J connectivity index is 3.09. The number of aromatic carboxylic acids is 2. The van der Waals surface area contributed by atoms with E-state index in [4.69, 9.17) is 0 Å². The molecule has 116 valence electrons. The molecule has 0 aromatic heterocycles. The Hall–Kier alpha value is -2.36. The molecule has 0 bridgehead atoms. The van der Waals surface area contributed by atoms with Gasteiger partial charge in [-0.2, -0.15) is 0 Å². The van der Waals surface area contributed by atoms with Crippen LogP contribution in [0.5, 0.6) is 0 Å². The van der Waals surface area contributed by atoms with Crippen molar-refractivity contribution in [3.05, 3.63) is 46.5 Å². The first-order valence-electron chi connectivity index (χ1n) is 7.31. The van der Waals surface area contributed by atoms with Gasteiger partial charge in [-0.25, -0.2) is 9.59 Å². The fourth-order valence-electron chi connectivity index (χ4n) is 2.99. The van der Waals surface area contributed by atoms with Crippen LogP contribution in [-0.2, 0) is 0 Å². The van der Waals surface area contributed by atoms with Gasteiger partial charge >= 0.3 is 11.9 Å². The second-order valence-electron chi connectivity index (χ2n) is 6.08. The molecule has 0 spiro atoms. The van der Waals surface area contributed by atoms with Crippen LogP contribution in [0, 0.1) is 0 Å². The van der Waals surface area contributed by atoms with Gasteiger partial charge in [0, 0.05) is 5.39 Å². The Morgan fingerprint density at radius 3 is 2.05 bits per heavy atom. The van der Waals surface area contributed by atoms with Gasteiger partial charge in [-0.15, -0.1) is 0 Å². The van der Waals surface area contributed by atoms with Crippen molar-refractivity contribution in [2.45, 2.75) is 39.5 Å². The van der Waals surface area contributed by atoms with Crippen LogP contribution >= 0.6 is 0 Å². The van der Waals surface area contributed by atoms with Gasteiger partial charge in [0.2, 0.25) is 0 Å². The zero-order valence-electron chi connectivity index (χ0n) is 13.2. The largest absolute Gasteiger partial charge is 0.478 e. The summed E-state index contributed by atoms with van der Waals surface area (Å²) < 4.78 is 0. The van der Waals surface area contributed by atoms with E-state index in [0.717, 1.165) is 11.1 Å². The second-order valence-corrected chi connectivity index (χ2v) is 6.08. The predicted octanol–water partition coefficient (Wildman–Crippen LogP) is 4.48. The van der Waals surface area contributed by atoms with Crippen LogP contribution in [0.15, 0.2) is 24.3 Å². The van der Waals surface area contributed by atoms with Crippen LogP contribution in [0.25, 0.3) is 10.8 Å². The number of carboxylic acid groups (broad SMARTS) is 2. The average Bonchev–Trinajstić information content (AvgIpc) is 2.43. The molecule has 0 aliphatic rings. The third kappa shape index (κ3) is 2.56. The van der Waals surface area contributed by atoms with Gasteiger partial charge < -0.3 is 10.2 Å². The highest BCUT2D eigenvalue weighted by molar-refractivity contribution is 6.13. The topological polar surface area (TPSA) is 74.6 Å². The second kappa shape index (κ2) is 5.79. The monoisotopic (exact) mass is 300 g/mol. The minimum absolute atomic E-state index is 0.00486. The molecule has 22 heavy (non-hydrogen) atoms. The number of carbonyl (C=O) groups is 2. The summed E-state index contributed by atoms with van der Waals surface area (Å²) in [6.45, 7) is 7.89. The third-order valence-electron chi connectivity index (χ3n) is 3.88. The summed E-state index contributed by atoms with van der Waals surface area (Å²) in [6, 6.07) is 6.80. The van der Waals surface area contributed by atoms with E-state index in [0.29, 0.717) is 10.8 Å². The molecule has 4 heteroatoms. The molecule has 0 saturated carbocycles. The molecule has 0 heterocycles. The molecule has 0 amide bonds. The minimum atomic E-state index is -1.11. The van der Waals surface area contributed by atoms with Crippen molar-refractivity contribution in [3.63, 3.8) is 0 Å². The first-order valence-corrected chi connectivity index (χ1v) is 7.31. The summed E-state index contributed by atoms with van der Waals surface area (Å²) in [4.78, 5) is 23.4. The molecule has 0 aliphatic heterocycles.